The van der Waals surface area contributed by atoms with Crippen LogP contribution in [0.1, 0.15) is 42.9 Å². The molecular weight excluding hydrogens is 438 g/mol. The van der Waals surface area contributed by atoms with Crippen LogP contribution in [0.25, 0.3) is 0 Å². The van der Waals surface area contributed by atoms with E-state index in [0.717, 1.165) is 11.1 Å². The van der Waals surface area contributed by atoms with Crippen LogP contribution in [0.5, 0.6) is 11.5 Å². The first-order valence-corrected chi connectivity index (χ1v) is 12.0. The molecular formula is C25H27N3O4S. The Morgan fingerprint density at radius 3 is 2.52 bits per heavy atom. The maximum atomic E-state index is 13.2. The van der Waals surface area contributed by atoms with Gasteiger partial charge in [-0.1, -0.05) is 48.2 Å². The monoisotopic (exact) mass is 465 g/mol. The van der Waals surface area contributed by atoms with Crippen LogP contribution in [-0.2, 0) is 17.6 Å². The summed E-state index contributed by atoms with van der Waals surface area (Å²) in [4.78, 5) is 30.2. The number of amides is 1. The molecule has 172 valence electrons. The van der Waals surface area contributed by atoms with E-state index in [1.807, 2.05) is 69.4 Å². The molecule has 8 heteroatoms. The van der Waals surface area contributed by atoms with Gasteiger partial charge in [-0.2, -0.15) is 4.98 Å². The van der Waals surface area contributed by atoms with Crippen molar-refractivity contribution in [3.63, 3.8) is 0 Å². The van der Waals surface area contributed by atoms with E-state index < -0.39 is 5.92 Å². The standard InChI is InChI=1S/C25H27N3O4S/c1-4-31-19-12-11-17(13-20(19)32-5-2)18-14-21(29)26-23-22(18)24(30)27-25(28(23)3)33-15-16-9-7-6-8-10-16/h6-13,18H,4-5,14-15H2,1-3H3,(H,26,29)/t18-/m0/s1. The highest BCUT2D eigenvalue weighted by Crippen LogP contribution is 2.39. The second kappa shape index (κ2) is 10.1. The van der Waals surface area contributed by atoms with Gasteiger partial charge in [0.05, 0.1) is 18.8 Å². The molecule has 0 saturated carbocycles. The van der Waals surface area contributed by atoms with E-state index in [-0.39, 0.29) is 17.9 Å². The fraction of sp³-hybridized carbons (Fsp3) is 0.320. The molecule has 1 amide bonds. The minimum atomic E-state index is -0.414. The first kappa shape index (κ1) is 22.9. The molecule has 0 radical (unpaired) electrons. The van der Waals surface area contributed by atoms with Crippen LogP contribution in [0, 0.1) is 0 Å². The van der Waals surface area contributed by atoms with Crippen LogP contribution in [0.15, 0.2) is 58.5 Å². The van der Waals surface area contributed by atoms with Gasteiger partial charge in [0.1, 0.15) is 5.82 Å². The van der Waals surface area contributed by atoms with E-state index in [1.54, 1.807) is 4.57 Å². The number of ether oxygens (including phenoxy) is 2. The number of aromatic nitrogens is 2. The third-order valence-electron chi connectivity index (χ3n) is 5.48. The molecule has 1 N–H and O–H groups in total. The SMILES string of the molecule is CCOc1ccc([C@@H]2CC(=O)Nc3c2c(=O)nc(SCc2ccccc2)n3C)cc1OCC. The van der Waals surface area contributed by atoms with E-state index in [0.29, 0.717) is 47.0 Å². The molecule has 7 nitrogen and oxygen atoms in total. The van der Waals surface area contributed by atoms with Gasteiger partial charge in [0.15, 0.2) is 16.7 Å². The molecule has 0 spiro atoms. The number of hydrogen-bond acceptors (Lipinski definition) is 6. The number of rotatable bonds is 8. The molecule has 2 heterocycles. The Labute approximate surface area is 197 Å². The quantitative estimate of drug-likeness (QED) is 0.394. The smallest absolute Gasteiger partial charge is 0.279 e. The molecule has 2 aromatic carbocycles. The molecule has 0 unspecified atom stereocenters. The zero-order chi connectivity index (χ0) is 23.4. The Hall–Kier alpha value is -3.26. The summed E-state index contributed by atoms with van der Waals surface area (Å²) in [5.74, 6) is 1.86. The Morgan fingerprint density at radius 1 is 1.06 bits per heavy atom. The fourth-order valence-electron chi connectivity index (χ4n) is 3.96. The van der Waals surface area contributed by atoms with E-state index in [2.05, 4.69) is 10.3 Å². The molecule has 0 saturated heterocycles. The lowest BCUT2D eigenvalue weighted by Crippen LogP contribution is -2.33. The summed E-state index contributed by atoms with van der Waals surface area (Å²) in [5.41, 5.74) is 2.12. The summed E-state index contributed by atoms with van der Waals surface area (Å²) in [6.07, 6.45) is 0.167. The first-order valence-electron chi connectivity index (χ1n) is 11.0. The number of nitrogens with one attached hydrogen (secondary N) is 1. The zero-order valence-corrected chi connectivity index (χ0v) is 19.8. The summed E-state index contributed by atoms with van der Waals surface area (Å²) in [6.45, 7) is 4.81. The van der Waals surface area contributed by atoms with Crippen molar-refractivity contribution in [3.05, 3.63) is 75.6 Å². The maximum absolute atomic E-state index is 13.2. The molecule has 33 heavy (non-hydrogen) atoms. The molecule has 1 aliphatic heterocycles. The van der Waals surface area contributed by atoms with Gasteiger partial charge in [-0.05, 0) is 37.1 Å². The average Bonchev–Trinajstić information content (AvgIpc) is 2.82. The van der Waals surface area contributed by atoms with Crippen LogP contribution in [0.2, 0.25) is 0 Å². The van der Waals surface area contributed by atoms with Crippen molar-refractivity contribution in [3.8, 4) is 11.5 Å². The van der Waals surface area contributed by atoms with Gasteiger partial charge in [-0.25, -0.2) is 0 Å². The van der Waals surface area contributed by atoms with Crippen molar-refractivity contribution < 1.29 is 14.3 Å². The third kappa shape index (κ3) is 4.90. The largest absolute Gasteiger partial charge is 0.490 e. The number of hydrogen-bond donors (Lipinski definition) is 1. The molecule has 3 aromatic rings. The van der Waals surface area contributed by atoms with Crippen molar-refractivity contribution >= 4 is 23.5 Å². The molecule has 1 aliphatic rings. The van der Waals surface area contributed by atoms with Gasteiger partial charge in [-0.3, -0.25) is 9.59 Å². The van der Waals surface area contributed by atoms with Crippen LogP contribution in [0.4, 0.5) is 5.82 Å². The Morgan fingerprint density at radius 2 is 1.79 bits per heavy atom. The maximum Gasteiger partial charge on any atom is 0.279 e. The van der Waals surface area contributed by atoms with Crippen LogP contribution >= 0.6 is 11.8 Å². The zero-order valence-electron chi connectivity index (χ0n) is 19.0. The van der Waals surface area contributed by atoms with E-state index >= 15 is 0 Å². The van der Waals surface area contributed by atoms with Gasteiger partial charge < -0.3 is 19.4 Å². The van der Waals surface area contributed by atoms with Crippen LogP contribution in [-0.4, -0.2) is 28.7 Å². The van der Waals surface area contributed by atoms with Crippen molar-refractivity contribution in [2.75, 3.05) is 18.5 Å². The van der Waals surface area contributed by atoms with Gasteiger partial charge in [0.25, 0.3) is 5.56 Å². The van der Waals surface area contributed by atoms with Crippen LogP contribution in [0.3, 0.4) is 0 Å². The predicted octanol–water partition coefficient (Wildman–Crippen LogP) is 4.34. The number of carbonyl (C=O) groups is 1. The normalized spacial score (nSPS) is 15.0. The summed E-state index contributed by atoms with van der Waals surface area (Å²) >= 11 is 1.47. The van der Waals surface area contributed by atoms with E-state index in [9.17, 15) is 9.59 Å². The van der Waals surface area contributed by atoms with Gasteiger partial charge in [0.2, 0.25) is 5.91 Å². The van der Waals surface area contributed by atoms with Gasteiger partial charge in [0, 0.05) is 25.1 Å². The lowest BCUT2D eigenvalue weighted by molar-refractivity contribution is -0.116. The number of carbonyl (C=O) groups excluding carboxylic acids is 1. The second-order valence-corrected chi connectivity index (χ2v) is 8.61. The van der Waals surface area contributed by atoms with Crippen molar-refractivity contribution in [2.45, 2.75) is 37.1 Å². The van der Waals surface area contributed by atoms with E-state index in [4.69, 9.17) is 9.47 Å². The number of anilines is 1. The molecule has 4 rings (SSSR count). The summed E-state index contributed by atoms with van der Waals surface area (Å²) in [5, 5.41) is 3.45. The minimum absolute atomic E-state index is 0.139. The second-order valence-electron chi connectivity index (χ2n) is 7.67. The van der Waals surface area contributed by atoms with Crippen molar-refractivity contribution in [1.82, 2.24) is 9.55 Å². The topological polar surface area (TPSA) is 82.5 Å². The molecule has 0 bridgehead atoms. The highest BCUT2D eigenvalue weighted by molar-refractivity contribution is 7.98. The first-order chi connectivity index (χ1) is 16.0. The number of nitrogens with zero attached hydrogens (tertiary/aromatic N) is 2. The molecule has 0 aliphatic carbocycles. The highest BCUT2D eigenvalue weighted by Gasteiger charge is 2.32. The Balaban J connectivity index is 1.72. The summed E-state index contributed by atoms with van der Waals surface area (Å²) in [6, 6.07) is 15.6. The number of thioether (sulfide) groups is 1. The summed E-state index contributed by atoms with van der Waals surface area (Å²) in [7, 11) is 1.82. The predicted molar refractivity (Wildman–Crippen MR) is 129 cm³/mol. The fourth-order valence-corrected chi connectivity index (χ4v) is 4.88. The van der Waals surface area contributed by atoms with Gasteiger partial charge in [-0.15, -0.1) is 0 Å². The lowest BCUT2D eigenvalue weighted by Gasteiger charge is -2.28. The number of fused-ring (bicyclic) bond motifs is 1. The molecule has 0 fully saturated rings. The molecule has 1 atom stereocenters. The Bertz CT molecular complexity index is 1210. The average molecular weight is 466 g/mol. The highest BCUT2D eigenvalue weighted by atomic mass is 32.2. The van der Waals surface area contributed by atoms with Crippen molar-refractivity contribution in [1.29, 1.82) is 0 Å². The van der Waals surface area contributed by atoms with Gasteiger partial charge >= 0.3 is 0 Å². The number of benzene rings is 2. The van der Waals surface area contributed by atoms with Crippen LogP contribution < -0.4 is 20.3 Å². The van der Waals surface area contributed by atoms with E-state index in [1.165, 1.54) is 11.8 Å². The Kier molecular flexibility index (Phi) is 7.03. The minimum Gasteiger partial charge on any atom is -0.490 e. The molecule has 1 aromatic heterocycles. The third-order valence-corrected chi connectivity index (χ3v) is 6.58. The van der Waals surface area contributed by atoms with Crippen molar-refractivity contribution in [2.24, 2.45) is 7.05 Å². The summed E-state index contributed by atoms with van der Waals surface area (Å²) < 4.78 is 13.2. The lowest BCUT2D eigenvalue weighted by atomic mass is 9.86.